The van der Waals surface area contributed by atoms with E-state index < -0.39 is 59.2 Å². The van der Waals surface area contributed by atoms with Crippen LogP contribution in [0.25, 0.3) is 0 Å². The third-order valence-corrected chi connectivity index (χ3v) is 5.95. The highest BCUT2D eigenvalue weighted by atomic mass is 19.4. The molecule has 0 radical (unpaired) electrons. The number of benzene rings is 1. The van der Waals surface area contributed by atoms with Crippen LogP contribution in [-0.2, 0) is 25.5 Å². The van der Waals surface area contributed by atoms with E-state index in [0.717, 1.165) is 18.2 Å². The van der Waals surface area contributed by atoms with Gasteiger partial charge in [0.1, 0.15) is 11.8 Å². The first-order valence-corrected chi connectivity index (χ1v) is 11.6. The number of primary amides is 1. The number of ether oxygens (including phenoxy) is 2. The lowest BCUT2D eigenvalue weighted by Crippen LogP contribution is -2.49. The number of amides is 3. The second-order valence-electron chi connectivity index (χ2n) is 8.42. The maximum atomic E-state index is 14.6. The molecule has 1 saturated heterocycles. The van der Waals surface area contributed by atoms with Crippen LogP contribution in [0.3, 0.4) is 0 Å². The Labute approximate surface area is 220 Å². The topological polar surface area (TPSA) is 160 Å². The number of aryl methyl sites for hydroxylation is 1. The minimum Gasteiger partial charge on any atom is -0.403 e. The molecular formula is C24H26F4N6O5. The summed E-state index contributed by atoms with van der Waals surface area (Å²) in [6.07, 6.45) is -3.80. The van der Waals surface area contributed by atoms with Crippen molar-refractivity contribution < 1.29 is 41.4 Å². The van der Waals surface area contributed by atoms with Crippen molar-refractivity contribution in [2.24, 2.45) is 5.73 Å². The molecule has 2 heterocycles. The molecule has 0 saturated carbocycles. The van der Waals surface area contributed by atoms with E-state index in [4.69, 9.17) is 15.9 Å². The smallest absolute Gasteiger partial charge is 0.403 e. The first kappa shape index (κ1) is 29.3. The second-order valence-corrected chi connectivity index (χ2v) is 8.42. The predicted molar refractivity (Wildman–Crippen MR) is 131 cm³/mol. The Bertz CT molecular complexity index is 1270. The van der Waals surface area contributed by atoms with Gasteiger partial charge >= 0.3 is 6.36 Å². The van der Waals surface area contributed by atoms with Gasteiger partial charge in [-0.2, -0.15) is 0 Å². The number of hydrogen-bond acceptors (Lipinski definition) is 8. The molecule has 1 aliphatic heterocycles. The van der Waals surface area contributed by atoms with Crippen LogP contribution in [-0.4, -0.2) is 72.0 Å². The van der Waals surface area contributed by atoms with Crippen molar-refractivity contribution in [3.8, 4) is 5.75 Å². The largest absolute Gasteiger partial charge is 0.573 e. The summed E-state index contributed by atoms with van der Waals surface area (Å²) in [5.41, 5.74) is 5.10. The van der Waals surface area contributed by atoms with Gasteiger partial charge in [0, 0.05) is 24.9 Å². The molecule has 3 rings (SSSR count). The molecule has 5 N–H and O–H groups in total. The molecule has 11 nitrogen and oxygen atoms in total. The Balaban J connectivity index is 1.78. The van der Waals surface area contributed by atoms with E-state index in [1.807, 2.05) is 6.92 Å². The molecule has 1 aromatic carbocycles. The maximum absolute atomic E-state index is 14.6. The quantitative estimate of drug-likeness (QED) is 0.259. The van der Waals surface area contributed by atoms with Gasteiger partial charge in [-0.15, -0.1) is 13.2 Å². The molecule has 1 fully saturated rings. The third kappa shape index (κ3) is 6.98. The van der Waals surface area contributed by atoms with E-state index in [9.17, 15) is 31.9 Å². The highest BCUT2D eigenvalue weighted by Crippen LogP contribution is 2.30. The van der Waals surface area contributed by atoms with Crippen molar-refractivity contribution in [1.29, 1.82) is 5.41 Å². The van der Waals surface area contributed by atoms with E-state index in [1.54, 1.807) is 0 Å². The second kappa shape index (κ2) is 12.1. The minimum atomic E-state index is -5.14. The zero-order valence-electron chi connectivity index (χ0n) is 20.9. The van der Waals surface area contributed by atoms with E-state index in [-0.39, 0.29) is 30.8 Å². The van der Waals surface area contributed by atoms with Gasteiger partial charge in [-0.1, -0.05) is 13.0 Å². The SMILES string of the molecule is CCc1cc(C(=N)C(N)=O)c(NCC(=O)N2CC[C@@H](OC)[C@H]2C(=O)Nc2cccc(OC(F)(F)F)c2F)cn1. The Hall–Kier alpha value is -4.27. The van der Waals surface area contributed by atoms with Crippen molar-refractivity contribution in [2.75, 3.05) is 30.8 Å². The number of hydrogen-bond donors (Lipinski definition) is 4. The van der Waals surface area contributed by atoms with Gasteiger partial charge in [-0.25, -0.2) is 4.39 Å². The summed E-state index contributed by atoms with van der Waals surface area (Å²) in [7, 11) is 1.32. The summed E-state index contributed by atoms with van der Waals surface area (Å²) < 4.78 is 61.2. The molecular weight excluding hydrogens is 528 g/mol. The highest BCUT2D eigenvalue weighted by molar-refractivity contribution is 6.44. The Morgan fingerprint density at radius 1 is 1.26 bits per heavy atom. The number of anilines is 2. The van der Waals surface area contributed by atoms with Gasteiger partial charge < -0.3 is 30.7 Å². The lowest BCUT2D eigenvalue weighted by atomic mass is 10.1. The molecule has 39 heavy (non-hydrogen) atoms. The summed E-state index contributed by atoms with van der Waals surface area (Å²) in [4.78, 5) is 43.1. The number of carbonyl (C=O) groups excluding carboxylic acids is 3. The van der Waals surface area contributed by atoms with E-state index in [1.165, 1.54) is 24.3 Å². The number of nitrogens with two attached hydrogens (primary N) is 1. The van der Waals surface area contributed by atoms with E-state index >= 15 is 0 Å². The number of alkyl halides is 3. The zero-order chi connectivity index (χ0) is 28.9. The molecule has 0 bridgehead atoms. The van der Waals surface area contributed by atoms with Crippen LogP contribution in [0.15, 0.2) is 30.5 Å². The fraction of sp³-hybridized carbons (Fsp3) is 0.375. The average molecular weight is 555 g/mol. The number of nitrogens with zero attached hydrogens (tertiary/aromatic N) is 2. The molecule has 1 aromatic heterocycles. The van der Waals surface area contributed by atoms with E-state index in [0.29, 0.717) is 12.1 Å². The van der Waals surface area contributed by atoms with Gasteiger partial charge in [0.2, 0.25) is 11.8 Å². The first-order valence-electron chi connectivity index (χ1n) is 11.6. The van der Waals surface area contributed by atoms with Gasteiger partial charge in [0.25, 0.3) is 5.91 Å². The van der Waals surface area contributed by atoms with Crippen molar-refractivity contribution in [2.45, 2.75) is 38.3 Å². The Morgan fingerprint density at radius 2 is 1.97 bits per heavy atom. The van der Waals surface area contributed by atoms with Gasteiger partial charge in [0.15, 0.2) is 11.6 Å². The number of rotatable bonds is 10. The standard InChI is InChI=1S/C24H26F4N6O5/c1-3-12-9-13(20(29)22(30)36)15(10-31-12)32-11-18(35)34-8-7-17(38-2)21(34)23(37)33-14-5-4-6-16(19(14)25)39-24(26,27)28/h4-6,9-10,17,21,29,32H,3,7-8,11H2,1-2H3,(H2,30,36)(H,33,37)/t17-,21+/m1/s1. The maximum Gasteiger partial charge on any atom is 0.573 e. The summed E-state index contributed by atoms with van der Waals surface area (Å²) in [6, 6.07) is 3.12. The van der Waals surface area contributed by atoms with Gasteiger partial charge in [-0.05, 0) is 31.0 Å². The molecule has 0 spiro atoms. The van der Waals surface area contributed by atoms with Crippen molar-refractivity contribution in [3.63, 3.8) is 0 Å². The number of nitrogens with one attached hydrogen (secondary N) is 3. The Morgan fingerprint density at radius 3 is 2.59 bits per heavy atom. The first-order chi connectivity index (χ1) is 18.4. The van der Waals surface area contributed by atoms with Gasteiger partial charge in [0.05, 0.1) is 30.2 Å². The monoisotopic (exact) mass is 554 g/mol. The normalized spacial score (nSPS) is 17.0. The molecule has 3 amide bonds. The molecule has 210 valence electrons. The predicted octanol–water partition coefficient (Wildman–Crippen LogP) is 2.20. The summed E-state index contributed by atoms with van der Waals surface area (Å²) in [5, 5.41) is 13.0. The van der Waals surface area contributed by atoms with Crippen molar-refractivity contribution >= 4 is 34.8 Å². The summed E-state index contributed by atoms with van der Waals surface area (Å²) >= 11 is 0. The minimum absolute atomic E-state index is 0.0911. The van der Waals surface area contributed by atoms with Crippen LogP contribution in [0, 0.1) is 11.2 Å². The van der Waals surface area contributed by atoms with Crippen LogP contribution in [0.5, 0.6) is 5.75 Å². The molecule has 1 aliphatic rings. The Kier molecular flexibility index (Phi) is 9.06. The molecule has 0 aliphatic carbocycles. The number of aromatic nitrogens is 1. The number of likely N-dealkylation sites (tertiary alicyclic amines) is 1. The lowest BCUT2D eigenvalue weighted by molar-refractivity contribution is -0.275. The number of carbonyl (C=O) groups is 3. The number of halogens is 4. The molecule has 15 heteroatoms. The van der Waals surface area contributed by atoms with Gasteiger partial charge in [-0.3, -0.25) is 24.8 Å². The molecule has 2 aromatic rings. The molecule has 0 unspecified atom stereocenters. The number of methoxy groups -OCH3 is 1. The summed E-state index contributed by atoms with van der Waals surface area (Å²) in [6.45, 7) is 1.54. The zero-order valence-corrected chi connectivity index (χ0v) is 20.9. The fourth-order valence-corrected chi connectivity index (χ4v) is 4.06. The highest BCUT2D eigenvalue weighted by Gasteiger charge is 2.42. The van der Waals surface area contributed by atoms with E-state index in [2.05, 4.69) is 20.4 Å². The van der Waals surface area contributed by atoms with Crippen LogP contribution in [0.2, 0.25) is 0 Å². The van der Waals surface area contributed by atoms with Crippen LogP contribution >= 0.6 is 0 Å². The molecule has 2 atom stereocenters. The third-order valence-electron chi connectivity index (χ3n) is 5.95. The number of pyridine rings is 1. The van der Waals surface area contributed by atoms with Crippen LogP contribution in [0.1, 0.15) is 24.6 Å². The summed E-state index contributed by atoms with van der Waals surface area (Å²) in [5.74, 6) is -5.02. The van der Waals surface area contributed by atoms with Crippen LogP contribution < -0.4 is 21.1 Å². The van der Waals surface area contributed by atoms with Crippen molar-refractivity contribution in [3.05, 3.63) is 47.5 Å². The van der Waals surface area contributed by atoms with Crippen LogP contribution in [0.4, 0.5) is 28.9 Å². The average Bonchev–Trinajstić information content (AvgIpc) is 3.32. The van der Waals surface area contributed by atoms with Crippen molar-refractivity contribution in [1.82, 2.24) is 9.88 Å². The lowest BCUT2D eigenvalue weighted by Gasteiger charge is -2.27. The fourth-order valence-electron chi connectivity index (χ4n) is 4.06.